The highest BCUT2D eigenvalue weighted by molar-refractivity contribution is 7.12. The Hall–Kier alpha value is -1.66. The van der Waals surface area contributed by atoms with Gasteiger partial charge in [0.2, 0.25) is 5.91 Å². The molecule has 2 heterocycles. The Balaban J connectivity index is 1.39. The highest BCUT2D eigenvalue weighted by atomic mass is 32.1. The summed E-state index contributed by atoms with van der Waals surface area (Å²) in [5.41, 5.74) is 1.49. The van der Waals surface area contributed by atoms with Crippen LogP contribution in [-0.2, 0) is 4.79 Å². The van der Waals surface area contributed by atoms with Gasteiger partial charge in [0.15, 0.2) is 0 Å². The number of thiophene rings is 1. The van der Waals surface area contributed by atoms with Crippen LogP contribution in [0.15, 0.2) is 29.2 Å². The van der Waals surface area contributed by atoms with Crippen LogP contribution < -0.4 is 5.32 Å². The van der Waals surface area contributed by atoms with Gasteiger partial charge in [-0.2, -0.15) is 0 Å². The average molecular weight is 376 g/mol. The lowest BCUT2D eigenvalue weighted by Crippen LogP contribution is -2.55. The van der Waals surface area contributed by atoms with Gasteiger partial charge >= 0.3 is 0 Å². The van der Waals surface area contributed by atoms with E-state index in [0.717, 1.165) is 30.9 Å². The smallest absolute Gasteiger partial charge is 0.264 e. The summed E-state index contributed by atoms with van der Waals surface area (Å²) in [4.78, 5) is 29.7. The molecule has 1 N–H and O–H groups in total. The van der Waals surface area contributed by atoms with Crippen LogP contribution in [0.4, 0.5) is 0 Å². The Kier molecular flexibility index (Phi) is 6.86. The van der Waals surface area contributed by atoms with Crippen LogP contribution in [0.3, 0.4) is 0 Å². The van der Waals surface area contributed by atoms with Gasteiger partial charge in [-0.25, -0.2) is 0 Å². The number of nitrogens with one attached hydrogen (secondary N) is 1. The fourth-order valence-corrected chi connectivity index (χ4v) is 4.35. The van der Waals surface area contributed by atoms with Gasteiger partial charge in [0.25, 0.3) is 5.91 Å². The summed E-state index contributed by atoms with van der Waals surface area (Å²) in [6.07, 6.45) is 8.27. The minimum absolute atomic E-state index is 0.0967. The lowest BCUT2D eigenvalue weighted by Gasteiger charge is -2.37. The second kappa shape index (κ2) is 9.33. The van der Waals surface area contributed by atoms with E-state index < -0.39 is 0 Å². The highest BCUT2D eigenvalue weighted by Crippen LogP contribution is 2.19. The topological polar surface area (TPSA) is 52.7 Å². The number of rotatable bonds is 6. The van der Waals surface area contributed by atoms with Crippen molar-refractivity contribution in [2.24, 2.45) is 0 Å². The van der Waals surface area contributed by atoms with E-state index in [1.54, 1.807) is 0 Å². The predicted octanol–water partition coefficient (Wildman–Crippen LogP) is 2.90. The number of amides is 2. The molecule has 2 aliphatic rings. The first-order valence-electron chi connectivity index (χ1n) is 9.67. The largest absolute Gasteiger partial charge is 0.354 e. The molecule has 0 spiro atoms. The second-order valence-electron chi connectivity index (χ2n) is 7.13. The molecule has 1 aliphatic heterocycles. The first-order chi connectivity index (χ1) is 12.6. The van der Waals surface area contributed by atoms with E-state index in [9.17, 15) is 9.59 Å². The number of piperazine rings is 1. The van der Waals surface area contributed by atoms with E-state index in [1.807, 2.05) is 29.3 Å². The number of hydrogen-bond donors (Lipinski definition) is 1. The molecule has 1 atom stereocenters. The van der Waals surface area contributed by atoms with E-state index in [4.69, 9.17) is 0 Å². The Bertz CT molecular complexity index is 633. The minimum Gasteiger partial charge on any atom is -0.354 e. The molecule has 5 nitrogen and oxygen atoms in total. The van der Waals surface area contributed by atoms with Gasteiger partial charge in [-0.3, -0.25) is 14.5 Å². The number of allylic oxidation sites excluding steroid dienone is 1. The van der Waals surface area contributed by atoms with Gasteiger partial charge in [0.1, 0.15) is 0 Å². The van der Waals surface area contributed by atoms with Gasteiger partial charge in [-0.15, -0.1) is 11.3 Å². The van der Waals surface area contributed by atoms with Crippen LogP contribution in [0, 0.1) is 0 Å². The first-order valence-corrected chi connectivity index (χ1v) is 10.6. The minimum atomic E-state index is -0.144. The molecule has 1 saturated heterocycles. The molecular formula is C20H29N3O2S. The van der Waals surface area contributed by atoms with Crippen molar-refractivity contribution in [2.75, 3.05) is 32.7 Å². The third-order valence-corrected chi connectivity index (χ3v) is 6.25. The molecule has 0 radical (unpaired) electrons. The summed E-state index contributed by atoms with van der Waals surface area (Å²) in [7, 11) is 0. The molecule has 1 aliphatic carbocycles. The molecule has 3 rings (SSSR count). The van der Waals surface area contributed by atoms with E-state index in [2.05, 4.69) is 16.3 Å². The average Bonchev–Trinajstić information content (AvgIpc) is 3.22. The molecule has 2 amide bonds. The van der Waals surface area contributed by atoms with E-state index in [1.165, 1.54) is 42.6 Å². The fourth-order valence-electron chi connectivity index (χ4n) is 3.66. The number of nitrogens with zero attached hydrogens (tertiary/aromatic N) is 2. The van der Waals surface area contributed by atoms with Crippen molar-refractivity contribution < 1.29 is 9.59 Å². The van der Waals surface area contributed by atoms with Crippen LogP contribution in [-0.4, -0.2) is 60.4 Å². The molecule has 6 heteroatoms. The Morgan fingerprint density at radius 3 is 2.69 bits per heavy atom. The Labute approximate surface area is 160 Å². The second-order valence-corrected chi connectivity index (χ2v) is 8.08. The van der Waals surface area contributed by atoms with Crippen LogP contribution in [0.1, 0.15) is 48.7 Å². The SMILES string of the molecule is CC(C(=O)NCCC1=CCCCC1)N1CCN(C(=O)c2cccs2)CC1. The lowest BCUT2D eigenvalue weighted by atomic mass is 9.97. The molecule has 0 aromatic carbocycles. The summed E-state index contributed by atoms with van der Waals surface area (Å²) < 4.78 is 0. The van der Waals surface area contributed by atoms with Crippen molar-refractivity contribution in [1.29, 1.82) is 0 Å². The van der Waals surface area contributed by atoms with Crippen LogP contribution >= 0.6 is 11.3 Å². The van der Waals surface area contributed by atoms with Crippen molar-refractivity contribution in [3.63, 3.8) is 0 Å². The highest BCUT2D eigenvalue weighted by Gasteiger charge is 2.28. The van der Waals surface area contributed by atoms with Crippen molar-refractivity contribution >= 4 is 23.2 Å². The quantitative estimate of drug-likeness (QED) is 0.778. The molecule has 1 aromatic heterocycles. The summed E-state index contributed by atoms with van der Waals surface area (Å²) >= 11 is 1.48. The number of hydrogen-bond acceptors (Lipinski definition) is 4. The Morgan fingerprint density at radius 1 is 1.23 bits per heavy atom. The van der Waals surface area contributed by atoms with E-state index >= 15 is 0 Å². The molecule has 26 heavy (non-hydrogen) atoms. The molecule has 0 saturated carbocycles. The maximum atomic E-state index is 12.4. The molecule has 142 valence electrons. The van der Waals surface area contributed by atoms with Crippen molar-refractivity contribution in [3.05, 3.63) is 34.0 Å². The molecule has 1 fully saturated rings. The Morgan fingerprint density at radius 2 is 2.04 bits per heavy atom. The maximum Gasteiger partial charge on any atom is 0.264 e. The molecule has 1 unspecified atom stereocenters. The van der Waals surface area contributed by atoms with Gasteiger partial charge in [-0.1, -0.05) is 17.7 Å². The third-order valence-electron chi connectivity index (χ3n) is 5.39. The van der Waals surface area contributed by atoms with Gasteiger partial charge < -0.3 is 10.2 Å². The summed E-state index contributed by atoms with van der Waals surface area (Å²) in [6.45, 7) is 5.55. The fraction of sp³-hybridized carbons (Fsp3) is 0.600. The first kappa shape index (κ1) is 19.1. The van der Waals surface area contributed by atoms with E-state index in [0.29, 0.717) is 13.1 Å². The molecule has 0 bridgehead atoms. The zero-order chi connectivity index (χ0) is 18.4. The van der Waals surface area contributed by atoms with Crippen molar-refractivity contribution in [3.8, 4) is 0 Å². The number of carbonyl (C=O) groups excluding carboxylic acids is 2. The maximum absolute atomic E-state index is 12.4. The van der Waals surface area contributed by atoms with Crippen LogP contribution in [0.25, 0.3) is 0 Å². The molecule has 1 aromatic rings. The normalized spacial score (nSPS) is 19.7. The zero-order valence-electron chi connectivity index (χ0n) is 15.6. The van der Waals surface area contributed by atoms with Gasteiger partial charge in [-0.05, 0) is 50.5 Å². The zero-order valence-corrected chi connectivity index (χ0v) is 16.4. The van der Waals surface area contributed by atoms with Crippen molar-refractivity contribution in [2.45, 2.75) is 45.1 Å². The summed E-state index contributed by atoms with van der Waals surface area (Å²) in [6, 6.07) is 3.63. The van der Waals surface area contributed by atoms with Gasteiger partial charge in [0, 0.05) is 32.7 Å². The molecular weight excluding hydrogens is 346 g/mol. The number of carbonyl (C=O) groups is 2. The van der Waals surface area contributed by atoms with Crippen LogP contribution in [0.5, 0.6) is 0 Å². The van der Waals surface area contributed by atoms with Crippen LogP contribution in [0.2, 0.25) is 0 Å². The van der Waals surface area contributed by atoms with Crippen molar-refractivity contribution in [1.82, 2.24) is 15.1 Å². The summed E-state index contributed by atoms with van der Waals surface area (Å²) in [5, 5.41) is 5.01. The summed E-state index contributed by atoms with van der Waals surface area (Å²) in [5.74, 6) is 0.206. The van der Waals surface area contributed by atoms with E-state index in [-0.39, 0.29) is 17.9 Å². The lowest BCUT2D eigenvalue weighted by molar-refractivity contribution is -0.126. The predicted molar refractivity (Wildman–Crippen MR) is 105 cm³/mol. The monoisotopic (exact) mass is 375 g/mol. The third kappa shape index (κ3) is 4.95. The van der Waals surface area contributed by atoms with Gasteiger partial charge in [0.05, 0.1) is 10.9 Å². The standard InChI is InChI=1S/C20H29N3O2S/c1-16(19(24)21-10-9-17-6-3-2-4-7-17)22-11-13-23(14-12-22)20(25)18-8-5-15-26-18/h5-6,8,15-16H,2-4,7,9-14H2,1H3,(H,21,24).